The predicted molar refractivity (Wildman–Crippen MR) is 66.2 cm³/mol. The first-order chi connectivity index (χ1) is 8.15. The summed E-state index contributed by atoms with van der Waals surface area (Å²) in [4.78, 5) is 0. The molecular weight excluding hydrogens is 217 g/mol. The van der Waals surface area contributed by atoms with Gasteiger partial charge in [0.15, 0.2) is 0 Å². The van der Waals surface area contributed by atoms with Crippen LogP contribution in [0.3, 0.4) is 0 Å². The fourth-order valence-electron chi connectivity index (χ4n) is 2.40. The summed E-state index contributed by atoms with van der Waals surface area (Å²) >= 11 is 0. The molecule has 0 aliphatic heterocycles. The lowest BCUT2D eigenvalue weighted by atomic mass is 9.75. The van der Waals surface area contributed by atoms with Crippen molar-refractivity contribution < 1.29 is 9.50 Å². The van der Waals surface area contributed by atoms with Crippen LogP contribution in [0.1, 0.15) is 44.3 Å². The normalized spacial score (nSPS) is 19.7. The molecule has 1 aromatic carbocycles. The Hall–Kier alpha value is -0.930. The summed E-state index contributed by atoms with van der Waals surface area (Å²) in [5, 5.41) is 13.4. The van der Waals surface area contributed by atoms with Gasteiger partial charge in [0, 0.05) is 12.1 Å². The zero-order valence-corrected chi connectivity index (χ0v) is 10.2. The molecule has 0 aromatic heterocycles. The van der Waals surface area contributed by atoms with E-state index in [-0.39, 0.29) is 11.4 Å². The van der Waals surface area contributed by atoms with E-state index in [1.54, 1.807) is 12.1 Å². The molecule has 0 spiro atoms. The molecular formula is C14H20FNO. The Labute approximate surface area is 102 Å². The third-order valence-corrected chi connectivity index (χ3v) is 3.89. The SMILES string of the molecule is CCC1(NCC(O)c2cccc(F)c2)CCC1. The van der Waals surface area contributed by atoms with Crippen molar-refractivity contribution in [1.82, 2.24) is 5.32 Å². The number of benzene rings is 1. The Morgan fingerprint density at radius 3 is 2.76 bits per heavy atom. The third-order valence-electron chi connectivity index (χ3n) is 3.89. The molecule has 2 N–H and O–H groups in total. The van der Waals surface area contributed by atoms with Crippen LogP contribution in [0.15, 0.2) is 24.3 Å². The van der Waals surface area contributed by atoms with Crippen LogP contribution >= 0.6 is 0 Å². The molecule has 0 amide bonds. The molecule has 2 rings (SSSR count). The average Bonchev–Trinajstić information content (AvgIpc) is 2.28. The summed E-state index contributed by atoms with van der Waals surface area (Å²) in [6, 6.07) is 6.18. The van der Waals surface area contributed by atoms with Gasteiger partial charge in [-0.2, -0.15) is 0 Å². The van der Waals surface area contributed by atoms with Gasteiger partial charge in [0.2, 0.25) is 0 Å². The minimum Gasteiger partial charge on any atom is -0.387 e. The number of nitrogens with one attached hydrogen (secondary N) is 1. The van der Waals surface area contributed by atoms with Crippen LogP contribution in [0.4, 0.5) is 4.39 Å². The van der Waals surface area contributed by atoms with Crippen LogP contribution in [0, 0.1) is 5.82 Å². The Morgan fingerprint density at radius 2 is 2.24 bits per heavy atom. The van der Waals surface area contributed by atoms with Crippen molar-refractivity contribution in [2.45, 2.75) is 44.2 Å². The maximum atomic E-state index is 13.0. The molecule has 0 bridgehead atoms. The van der Waals surface area contributed by atoms with Crippen LogP contribution in [-0.2, 0) is 0 Å². The minimum absolute atomic E-state index is 0.217. The Bertz CT molecular complexity index is 371. The molecule has 1 atom stereocenters. The van der Waals surface area contributed by atoms with E-state index in [1.165, 1.54) is 31.4 Å². The number of aliphatic hydroxyl groups is 1. The highest BCUT2D eigenvalue weighted by Crippen LogP contribution is 2.34. The van der Waals surface area contributed by atoms with Crippen molar-refractivity contribution in [2.24, 2.45) is 0 Å². The molecule has 17 heavy (non-hydrogen) atoms. The lowest BCUT2D eigenvalue weighted by Gasteiger charge is -2.42. The van der Waals surface area contributed by atoms with E-state index in [2.05, 4.69) is 12.2 Å². The number of rotatable bonds is 5. The van der Waals surface area contributed by atoms with E-state index < -0.39 is 6.10 Å². The lowest BCUT2D eigenvalue weighted by Crippen LogP contribution is -2.51. The van der Waals surface area contributed by atoms with Crippen LogP contribution in [0.5, 0.6) is 0 Å². The standard InChI is InChI=1S/C14H20FNO/c1-2-14(7-4-8-14)16-10-13(17)11-5-3-6-12(15)9-11/h3,5-6,9,13,16-17H,2,4,7-8,10H2,1H3. The van der Waals surface area contributed by atoms with Gasteiger partial charge < -0.3 is 10.4 Å². The van der Waals surface area contributed by atoms with E-state index >= 15 is 0 Å². The smallest absolute Gasteiger partial charge is 0.123 e. The summed E-state index contributed by atoms with van der Waals surface area (Å²) in [7, 11) is 0. The van der Waals surface area contributed by atoms with Crippen LogP contribution in [0.2, 0.25) is 0 Å². The molecule has 1 saturated carbocycles. The van der Waals surface area contributed by atoms with Gasteiger partial charge in [-0.1, -0.05) is 19.1 Å². The summed E-state index contributed by atoms with van der Waals surface area (Å²) in [5.74, 6) is -0.296. The van der Waals surface area contributed by atoms with Crippen molar-refractivity contribution in [2.75, 3.05) is 6.54 Å². The molecule has 1 aromatic rings. The molecule has 1 aliphatic rings. The second kappa shape index (κ2) is 5.15. The fourth-order valence-corrected chi connectivity index (χ4v) is 2.40. The summed E-state index contributed by atoms with van der Waals surface area (Å²) in [6.07, 6.45) is 4.08. The number of hydrogen-bond donors (Lipinski definition) is 2. The first kappa shape index (κ1) is 12.5. The monoisotopic (exact) mass is 237 g/mol. The first-order valence-corrected chi connectivity index (χ1v) is 6.34. The molecule has 0 heterocycles. The van der Waals surface area contributed by atoms with Gasteiger partial charge in [0.1, 0.15) is 5.82 Å². The fraction of sp³-hybridized carbons (Fsp3) is 0.571. The maximum Gasteiger partial charge on any atom is 0.123 e. The van der Waals surface area contributed by atoms with Crippen molar-refractivity contribution in [1.29, 1.82) is 0 Å². The summed E-state index contributed by atoms with van der Waals surface area (Å²) in [6.45, 7) is 2.66. The van der Waals surface area contributed by atoms with Crippen molar-refractivity contribution >= 4 is 0 Å². The number of halogens is 1. The van der Waals surface area contributed by atoms with E-state index in [0.717, 1.165) is 6.42 Å². The summed E-state index contributed by atoms with van der Waals surface area (Å²) in [5.41, 5.74) is 0.858. The molecule has 1 unspecified atom stereocenters. The largest absolute Gasteiger partial charge is 0.387 e. The molecule has 0 radical (unpaired) electrons. The van der Waals surface area contributed by atoms with Gasteiger partial charge in [-0.15, -0.1) is 0 Å². The van der Waals surface area contributed by atoms with Gasteiger partial charge in [-0.3, -0.25) is 0 Å². The second-order valence-electron chi connectivity index (χ2n) is 4.94. The zero-order valence-electron chi connectivity index (χ0n) is 10.2. The average molecular weight is 237 g/mol. The summed E-state index contributed by atoms with van der Waals surface area (Å²) < 4.78 is 13.0. The highest BCUT2D eigenvalue weighted by atomic mass is 19.1. The van der Waals surface area contributed by atoms with E-state index in [0.29, 0.717) is 12.1 Å². The number of β-amino-alcohol motifs (C(OH)–C–C–N with tert-alkyl or cyclic N) is 1. The molecule has 1 fully saturated rings. The predicted octanol–water partition coefficient (Wildman–Crippen LogP) is 2.78. The van der Waals surface area contributed by atoms with Gasteiger partial charge in [0.25, 0.3) is 0 Å². The second-order valence-corrected chi connectivity index (χ2v) is 4.94. The molecule has 94 valence electrons. The first-order valence-electron chi connectivity index (χ1n) is 6.34. The van der Waals surface area contributed by atoms with E-state index in [4.69, 9.17) is 0 Å². The molecule has 1 aliphatic carbocycles. The quantitative estimate of drug-likeness (QED) is 0.825. The lowest BCUT2D eigenvalue weighted by molar-refractivity contribution is 0.119. The van der Waals surface area contributed by atoms with E-state index in [9.17, 15) is 9.50 Å². The molecule has 3 heteroatoms. The van der Waals surface area contributed by atoms with Gasteiger partial charge in [0.05, 0.1) is 6.10 Å². The van der Waals surface area contributed by atoms with Gasteiger partial charge >= 0.3 is 0 Å². The number of hydrogen-bond acceptors (Lipinski definition) is 2. The Morgan fingerprint density at radius 1 is 1.47 bits per heavy atom. The third kappa shape index (κ3) is 2.85. The Kier molecular flexibility index (Phi) is 3.79. The molecule has 0 saturated heterocycles. The van der Waals surface area contributed by atoms with Crippen LogP contribution in [0.25, 0.3) is 0 Å². The highest BCUT2D eigenvalue weighted by Gasteiger charge is 2.34. The Balaban J connectivity index is 1.91. The van der Waals surface area contributed by atoms with Gasteiger partial charge in [-0.25, -0.2) is 4.39 Å². The number of aliphatic hydroxyl groups excluding tert-OH is 1. The maximum absolute atomic E-state index is 13.0. The topological polar surface area (TPSA) is 32.3 Å². The van der Waals surface area contributed by atoms with Crippen LogP contribution in [-0.4, -0.2) is 17.2 Å². The van der Waals surface area contributed by atoms with Crippen molar-refractivity contribution in [3.8, 4) is 0 Å². The molecule has 2 nitrogen and oxygen atoms in total. The van der Waals surface area contributed by atoms with Crippen molar-refractivity contribution in [3.63, 3.8) is 0 Å². The minimum atomic E-state index is -0.630. The van der Waals surface area contributed by atoms with Crippen LogP contribution < -0.4 is 5.32 Å². The van der Waals surface area contributed by atoms with E-state index in [1.807, 2.05) is 0 Å². The van der Waals surface area contributed by atoms with Gasteiger partial charge in [-0.05, 0) is 43.4 Å². The van der Waals surface area contributed by atoms with Crippen molar-refractivity contribution in [3.05, 3.63) is 35.6 Å². The highest BCUT2D eigenvalue weighted by molar-refractivity contribution is 5.19. The zero-order chi connectivity index (χ0) is 12.3.